The summed E-state index contributed by atoms with van der Waals surface area (Å²) in [4.78, 5) is 16.2. The van der Waals surface area contributed by atoms with Crippen molar-refractivity contribution in [2.75, 3.05) is 33.2 Å². The van der Waals surface area contributed by atoms with Crippen LogP contribution in [0.1, 0.15) is 11.1 Å². The fourth-order valence-corrected chi connectivity index (χ4v) is 2.39. The number of carbonyl (C=O) groups is 1. The van der Waals surface area contributed by atoms with Gasteiger partial charge in [-0.2, -0.15) is 5.26 Å². The molecule has 1 aromatic rings. The third-order valence-electron chi connectivity index (χ3n) is 3.94. The van der Waals surface area contributed by atoms with Crippen molar-refractivity contribution >= 4 is 5.91 Å². The van der Waals surface area contributed by atoms with E-state index in [0.29, 0.717) is 19.6 Å². The number of nitrogens with one attached hydrogen (secondary N) is 1. The first-order valence-corrected chi connectivity index (χ1v) is 7.48. The second-order valence-corrected chi connectivity index (χ2v) is 5.57. The van der Waals surface area contributed by atoms with E-state index < -0.39 is 0 Å². The molecule has 1 aromatic carbocycles. The molecule has 116 valence electrons. The Morgan fingerprint density at radius 2 is 2.00 bits per heavy atom. The molecule has 1 aliphatic heterocycles. The quantitative estimate of drug-likeness (QED) is 0.672. The molecule has 5 heteroatoms. The van der Waals surface area contributed by atoms with Crippen molar-refractivity contribution in [2.45, 2.75) is 13.5 Å². The minimum absolute atomic E-state index is 0.165. The molecule has 0 spiro atoms. The van der Waals surface area contributed by atoms with Crippen LogP contribution in [0.2, 0.25) is 0 Å². The van der Waals surface area contributed by atoms with Gasteiger partial charge in [0.2, 0.25) is 0 Å². The van der Waals surface area contributed by atoms with Crippen molar-refractivity contribution in [3.8, 4) is 6.07 Å². The lowest BCUT2D eigenvalue weighted by molar-refractivity contribution is -0.128. The smallest absolute Gasteiger partial charge is 0.266 e. The van der Waals surface area contributed by atoms with E-state index in [0.717, 1.165) is 18.7 Å². The van der Waals surface area contributed by atoms with Gasteiger partial charge in [0.15, 0.2) is 0 Å². The maximum Gasteiger partial charge on any atom is 0.266 e. The van der Waals surface area contributed by atoms with Crippen LogP contribution in [0.4, 0.5) is 0 Å². The van der Waals surface area contributed by atoms with Gasteiger partial charge in [-0.15, -0.1) is 0 Å². The summed E-state index contributed by atoms with van der Waals surface area (Å²) in [5, 5.41) is 12.3. The number of benzene rings is 1. The molecule has 1 saturated heterocycles. The van der Waals surface area contributed by atoms with E-state index in [4.69, 9.17) is 0 Å². The van der Waals surface area contributed by atoms with E-state index in [2.05, 4.69) is 10.2 Å². The Hall–Kier alpha value is -2.32. The van der Waals surface area contributed by atoms with Crippen LogP contribution < -0.4 is 5.32 Å². The van der Waals surface area contributed by atoms with Crippen LogP contribution in [-0.4, -0.2) is 48.9 Å². The molecule has 1 fully saturated rings. The van der Waals surface area contributed by atoms with Gasteiger partial charge in [0.25, 0.3) is 5.91 Å². The molecule has 22 heavy (non-hydrogen) atoms. The number of piperazine rings is 1. The topological polar surface area (TPSA) is 59.4 Å². The first-order valence-electron chi connectivity index (χ1n) is 7.48. The second-order valence-electron chi connectivity index (χ2n) is 5.57. The Bertz CT molecular complexity index is 595. The highest BCUT2D eigenvalue weighted by Crippen LogP contribution is 2.08. The molecule has 0 bridgehead atoms. The average Bonchev–Trinajstić information content (AvgIpc) is 2.53. The lowest BCUT2D eigenvalue weighted by atomic mass is 10.1. The number of amides is 1. The highest BCUT2D eigenvalue weighted by atomic mass is 16.2. The van der Waals surface area contributed by atoms with Crippen LogP contribution in [0, 0.1) is 18.3 Å². The highest BCUT2D eigenvalue weighted by Gasteiger charge is 2.21. The molecule has 1 amide bonds. The van der Waals surface area contributed by atoms with E-state index in [1.165, 1.54) is 11.8 Å². The number of rotatable bonds is 4. The Balaban J connectivity index is 1.95. The minimum atomic E-state index is -0.187. The van der Waals surface area contributed by atoms with Crippen molar-refractivity contribution < 1.29 is 4.79 Å². The standard InChI is InChI=1S/C17H22N4O/c1-14-5-3-4-6-15(14)12-19-13-16(11-18)17(22)21-9-7-20(2)8-10-21/h3-6,13,19H,7-10,12H2,1-2H3/b16-13-. The maximum absolute atomic E-state index is 12.3. The van der Waals surface area contributed by atoms with Gasteiger partial charge < -0.3 is 15.1 Å². The Morgan fingerprint density at radius 3 is 2.64 bits per heavy atom. The summed E-state index contributed by atoms with van der Waals surface area (Å²) in [7, 11) is 2.03. The zero-order valence-corrected chi connectivity index (χ0v) is 13.2. The number of hydrogen-bond acceptors (Lipinski definition) is 4. The van der Waals surface area contributed by atoms with Crippen LogP contribution in [0.25, 0.3) is 0 Å². The van der Waals surface area contributed by atoms with Gasteiger partial charge in [-0.25, -0.2) is 0 Å². The third kappa shape index (κ3) is 4.09. The lowest BCUT2D eigenvalue weighted by Gasteiger charge is -2.32. The summed E-state index contributed by atoms with van der Waals surface area (Å²) in [5.74, 6) is -0.187. The van der Waals surface area contributed by atoms with Crippen LogP contribution in [-0.2, 0) is 11.3 Å². The first kappa shape index (κ1) is 16.1. The monoisotopic (exact) mass is 298 g/mol. The summed E-state index contributed by atoms with van der Waals surface area (Å²) in [6, 6.07) is 10.1. The third-order valence-corrected chi connectivity index (χ3v) is 3.94. The molecule has 0 atom stereocenters. The van der Waals surface area contributed by atoms with Crippen molar-refractivity contribution in [3.05, 3.63) is 47.2 Å². The molecular weight excluding hydrogens is 276 g/mol. The molecular formula is C17H22N4O. The van der Waals surface area contributed by atoms with Gasteiger partial charge >= 0.3 is 0 Å². The van der Waals surface area contributed by atoms with E-state index in [-0.39, 0.29) is 11.5 Å². The SMILES string of the molecule is Cc1ccccc1CN/C=C(/C#N)C(=O)N1CCN(C)CC1. The summed E-state index contributed by atoms with van der Waals surface area (Å²) < 4.78 is 0. The van der Waals surface area contributed by atoms with E-state index >= 15 is 0 Å². The molecule has 0 radical (unpaired) electrons. The molecule has 2 rings (SSSR count). The number of nitrogens with zero attached hydrogens (tertiary/aromatic N) is 3. The van der Waals surface area contributed by atoms with Crippen molar-refractivity contribution in [2.24, 2.45) is 0 Å². The van der Waals surface area contributed by atoms with Crippen molar-refractivity contribution in [1.29, 1.82) is 5.26 Å². The number of hydrogen-bond donors (Lipinski definition) is 1. The summed E-state index contributed by atoms with van der Waals surface area (Å²) in [5.41, 5.74) is 2.51. The van der Waals surface area contributed by atoms with Crippen LogP contribution in [0.5, 0.6) is 0 Å². The Morgan fingerprint density at radius 1 is 1.32 bits per heavy atom. The average molecular weight is 298 g/mol. The predicted octanol–water partition coefficient (Wildman–Crippen LogP) is 1.27. The first-order chi connectivity index (χ1) is 10.6. The molecule has 0 saturated carbocycles. The van der Waals surface area contributed by atoms with Gasteiger partial charge in [-0.1, -0.05) is 24.3 Å². The molecule has 5 nitrogen and oxygen atoms in total. The molecule has 0 aliphatic carbocycles. The highest BCUT2D eigenvalue weighted by molar-refractivity contribution is 5.97. The number of nitriles is 1. The summed E-state index contributed by atoms with van der Waals surface area (Å²) in [6.07, 6.45) is 1.53. The van der Waals surface area contributed by atoms with Crippen molar-refractivity contribution in [1.82, 2.24) is 15.1 Å². The number of carbonyl (C=O) groups excluding carboxylic acids is 1. The van der Waals surface area contributed by atoms with E-state index in [9.17, 15) is 10.1 Å². The van der Waals surface area contributed by atoms with Gasteiger partial charge in [0.05, 0.1) is 0 Å². The van der Waals surface area contributed by atoms with Crippen molar-refractivity contribution in [3.63, 3.8) is 0 Å². The number of likely N-dealkylation sites (N-methyl/N-ethyl adjacent to an activating group) is 1. The van der Waals surface area contributed by atoms with Gasteiger partial charge in [0.1, 0.15) is 11.6 Å². The summed E-state index contributed by atoms with van der Waals surface area (Å²) >= 11 is 0. The van der Waals surface area contributed by atoms with Gasteiger partial charge in [-0.05, 0) is 25.1 Å². The minimum Gasteiger partial charge on any atom is -0.386 e. The van der Waals surface area contributed by atoms with E-state index in [1.54, 1.807) is 4.90 Å². The predicted molar refractivity (Wildman–Crippen MR) is 85.8 cm³/mol. The molecule has 1 N–H and O–H groups in total. The Labute approximate surface area is 131 Å². The van der Waals surface area contributed by atoms with Crippen LogP contribution in [0.15, 0.2) is 36.0 Å². The molecule has 1 heterocycles. The van der Waals surface area contributed by atoms with E-state index in [1.807, 2.05) is 44.3 Å². The zero-order valence-electron chi connectivity index (χ0n) is 13.2. The maximum atomic E-state index is 12.3. The fraction of sp³-hybridized carbons (Fsp3) is 0.412. The normalized spacial score (nSPS) is 16.2. The second kappa shape index (κ2) is 7.62. The van der Waals surface area contributed by atoms with Gasteiger partial charge in [0, 0.05) is 38.9 Å². The van der Waals surface area contributed by atoms with Crippen LogP contribution in [0.3, 0.4) is 0 Å². The zero-order chi connectivity index (χ0) is 15.9. The molecule has 1 aliphatic rings. The largest absolute Gasteiger partial charge is 0.386 e. The fourth-order valence-electron chi connectivity index (χ4n) is 2.39. The Kier molecular flexibility index (Phi) is 5.56. The summed E-state index contributed by atoms with van der Waals surface area (Å²) in [6.45, 7) is 5.69. The van der Waals surface area contributed by atoms with Gasteiger partial charge in [-0.3, -0.25) is 4.79 Å². The van der Waals surface area contributed by atoms with Crippen LogP contribution >= 0.6 is 0 Å². The number of aryl methyl sites for hydroxylation is 1. The lowest BCUT2D eigenvalue weighted by Crippen LogP contribution is -2.47. The molecule has 0 unspecified atom stereocenters. The molecule has 0 aromatic heterocycles.